The van der Waals surface area contributed by atoms with Crippen molar-refractivity contribution in [3.05, 3.63) is 0 Å². The van der Waals surface area contributed by atoms with E-state index in [1.165, 1.54) is 6.42 Å². The van der Waals surface area contributed by atoms with E-state index in [-0.39, 0.29) is 24.3 Å². The standard InChI is InChI=1S/C10H14BNO2/c1-4(12)11-13-8(2)3-5-6-7-9(5,6)10(7,8)14-11/h4-7H,3,12H2,1-2H3. The molecule has 0 radical (unpaired) electrons. The molecule has 14 heavy (non-hydrogen) atoms. The van der Waals surface area contributed by atoms with Gasteiger partial charge in [-0.2, -0.15) is 0 Å². The van der Waals surface area contributed by atoms with E-state index in [0.29, 0.717) is 5.41 Å². The summed E-state index contributed by atoms with van der Waals surface area (Å²) >= 11 is 0. The Balaban J connectivity index is 1.60. The number of rotatable bonds is 1. The summed E-state index contributed by atoms with van der Waals surface area (Å²) in [5, 5.41) is 0. The molecule has 0 amide bonds. The fraction of sp³-hybridized carbons (Fsp3) is 1.00. The summed E-state index contributed by atoms with van der Waals surface area (Å²) in [7, 11) is -0.149. The first kappa shape index (κ1) is 7.26. The maximum absolute atomic E-state index is 6.14. The van der Waals surface area contributed by atoms with Crippen molar-refractivity contribution in [3.8, 4) is 0 Å². The molecule has 5 fully saturated rings. The summed E-state index contributed by atoms with van der Waals surface area (Å²) in [6.45, 7) is 4.21. The molecule has 7 atom stereocenters. The third-order valence-electron chi connectivity index (χ3n) is 5.75. The largest absolute Gasteiger partial charge is 0.475 e. The van der Waals surface area contributed by atoms with E-state index in [1.54, 1.807) is 0 Å². The summed E-state index contributed by atoms with van der Waals surface area (Å²) in [6.07, 6.45) is 1.22. The van der Waals surface area contributed by atoms with Crippen LogP contribution in [0.3, 0.4) is 0 Å². The Hall–Kier alpha value is -0.0551. The minimum atomic E-state index is -0.149. The molecule has 5 aliphatic rings. The Bertz CT molecular complexity index is 388. The zero-order valence-corrected chi connectivity index (χ0v) is 8.49. The van der Waals surface area contributed by atoms with Gasteiger partial charge in [0, 0.05) is 17.3 Å². The SMILES string of the molecule is CC(N)B1OC2(C)CC3C4C5C34C52O1. The van der Waals surface area contributed by atoms with Crippen molar-refractivity contribution >= 4 is 7.12 Å². The van der Waals surface area contributed by atoms with Crippen LogP contribution >= 0.6 is 0 Å². The Morgan fingerprint density at radius 3 is 2.86 bits per heavy atom. The van der Waals surface area contributed by atoms with Crippen LogP contribution < -0.4 is 5.73 Å². The second-order valence-electron chi connectivity index (χ2n) is 6.18. The predicted octanol–water partition coefficient (Wildman–Crippen LogP) is 0.185. The molecular formula is C10H14BNO2. The van der Waals surface area contributed by atoms with Gasteiger partial charge in [-0.05, 0) is 25.2 Å². The van der Waals surface area contributed by atoms with Crippen LogP contribution in [0.2, 0.25) is 0 Å². The van der Waals surface area contributed by atoms with Crippen molar-refractivity contribution in [2.45, 2.75) is 37.4 Å². The quantitative estimate of drug-likeness (QED) is 0.601. The van der Waals surface area contributed by atoms with Crippen LogP contribution in [-0.2, 0) is 9.31 Å². The summed E-state index contributed by atoms with van der Waals surface area (Å²) in [5.74, 6) is 2.85. The molecule has 1 aliphatic heterocycles. The molecular weight excluding hydrogens is 177 g/mol. The van der Waals surface area contributed by atoms with E-state index < -0.39 is 0 Å². The number of fused-ring (bicyclic) bond motifs is 2. The summed E-state index contributed by atoms with van der Waals surface area (Å²) in [4.78, 5) is 0. The van der Waals surface area contributed by atoms with E-state index in [9.17, 15) is 0 Å². The Morgan fingerprint density at radius 2 is 2.29 bits per heavy atom. The molecule has 5 rings (SSSR count). The monoisotopic (exact) mass is 191 g/mol. The van der Waals surface area contributed by atoms with Crippen molar-refractivity contribution in [1.82, 2.24) is 0 Å². The zero-order chi connectivity index (χ0) is 9.51. The molecule has 2 spiro atoms. The third kappa shape index (κ3) is 0.361. The molecule has 0 aromatic heterocycles. The van der Waals surface area contributed by atoms with Gasteiger partial charge in [0.2, 0.25) is 0 Å². The first-order chi connectivity index (χ1) is 6.59. The lowest BCUT2D eigenvalue weighted by Gasteiger charge is -2.34. The lowest BCUT2D eigenvalue weighted by Crippen LogP contribution is -2.44. The highest BCUT2D eigenvalue weighted by molar-refractivity contribution is 6.47. The number of hydrogen-bond acceptors (Lipinski definition) is 3. The van der Waals surface area contributed by atoms with Crippen LogP contribution in [0, 0.1) is 23.2 Å². The van der Waals surface area contributed by atoms with Gasteiger partial charge in [-0.25, -0.2) is 0 Å². The van der Waals surface area contributed by atoms with E-state index in [2.05, 4.69) is 6.92 Å². The van der Waals surface area contributed by atoms with Gasteiger partial charge in [0.1, 0.15) is 0 Å². The summed E-state index contributed by atoms with van der Waals surface area (Å²) in [5.41, 5.74) is 6.61. The molecule has 3 nitrogen and oxygen atoms in total. The molecule has 4 saturated carbocycles. The van der Waals surface area contributed by atoms with Crippen LogP contribution in [0.15, 0.2) is 0 Å². The molecule has 4 aliphatic carbocycles. The third-order valence-corrected chi connectivity index (χ3v) is 5.75. The highest BCUT2D eigenvalue weighted by Gasteiger charge is 3.18. The first-order valence-electron chi connectivity index (χ1n) is 5.71. The molecule has 1 heterocycles. The average Bonchev–Trinajstić information content (AvgIpc) is 2.96. The lowest BCUT2D eigenvalue weighted by molar-refractivity contribution is -0.00774. The van der Waals surface area contributed by atoms with Gasteiger partial charge < -0.3 is 15.0 Å². The van der Waals surface area contributed by atoms with Crippen LogP contribution in [-0.4, -0.2) is 24.3 Å². The van der Waals surface area contributed by atoms with Gasteiger partial charge in [-0.1, -0.05) is 6.92 Å². The highest BCUT2D eigenvalue weighted by atomic mass is 16.7. The molecule has 0 bridgehead atoms. The number of hydrogen-bond donors (Lipinski definition) is 1. The minimum Gasteiger partial charge on any atom is -0.402 e. The van der Waals surface area contributed by atoms with Gasteiger partial charge in [-0.15, -0.1) is 0 Å². The normalized spacial score (nSPS) is 76.5. The van der Waals surface area contributed by atoms with E-state index >= 15 is 0 Å². The van der Waals surface area contributed by atoms with E-state index in [1.807, 2.05) is 6.92 Å². The molecule has 1 saturated heterocycles. The lowest BCUT2D eigenvalue weighted by atomic mass is 9.80. The minimum absolute atomic E-state index is 0.00106. The first-order valence-corrected chi connectivity index (χ1v) is 5.71. The fourth-order valence-corrected chi connectivity index (χ4v) is 5.26. The van der Waals surface area contributed by atoms with E-state index in [4.69, 9.17) is 15.0 Å². The van der Waals surface area contributed by atoms with Gasteiger partial charge in [0.05, 0.1) is 11.2 Å². The topological polar surface area (TPSA) is 44.5 Å². The van der Waals surface area contributed by atoms with Gasteiger partial charge in [0.25, 0.3) is 0 Å². The summed E-state index contributed by atoms with van der Waals surface area (Å²) < 4.78 is 12.2. The Kier molecular flexibility index (Phi) is 0.741. The summed E-state index contributed by atoms with van der Waals surface area (Å²) in [6, 6.07) is 0. The molecule has 4 heteroatoms. The van der Waals surface area contributed by atoms with Crippen molar-refractivity contribution in [1.29, 1.82) is 0 Å². The van der Waals surface area contributed by atoms with Crippen LogP contribution in [0.4, 0.5) is 0 Å². The van der Waals surface area contributed by atoms with Crippen molar-refractivity contribution in [2.75, 3.05) is 0 Å². The maximum atomic E-state index is 6.14. The van der Waals surface area contributed by atoms with Crippen molar-refractivity contribution in [3.63, 3.8) is 0 Å². The van der Waals surface area contributed by atoms with Gasteiger partial charge in [0.15, 0.2) is 0 Å². The molecule has 7 unspecified atom stereocenters. The van der Waals surface area contributed by atoms with Crippen molar-refractivity contribution in [2.24, 2.45) is 28.9 Å². The van der Waals surface area contributed by atoms with Crippen molar-refractivity contribution < 1.29 is 9.31 Å². The Labute approximate surface area is 83.5 Å². The fourth-order valence-electron chi connectivity index (χ4n) is 5.26. The molecule has 74 valence electrons. The number of nitrogens with two attached hydrogens (primary N) is 1. The van der Waals surface area contributed by atoms with Gasteiger partial charge in [-0.3, -0.25) is 0 Å². The van der Waals surface area contributed by atoms with Gasteiger partial charge >= 0.3 is 7.12 Å². The average molecular weight is 191 g/mol. The molecule has 0 aromatic rings. The molecule has 0 aromatic carbocycles. The maximum Gasteiger partial charge on any atom is 0.475 e. The van der Waals surface area contributed by atoms with Crippen LogP contribution in [0.5, 0.6) is 0 Å². The smallest absolute Gasteiger partial charge is 0.402 e. The molecule has 2 N–H and O–H groups in total. The Morgan fingerprint density at radius 1 is 1.50 bits per heavy atom. The van der Waals surface area contributed by atoms with Crippen LogP contribution in [0.25, 0.3) is 0 Å². The second-order valence-corrected chi connectivity index (χ2v) is 6.18. The van der Waals surface area contributed by atoms with E-state index in [0.717, 1.165) is 17.8 Å². The predicted molar refractivity (Wildman–Crippen MR) is 50.2 cm³/mol. The zero-order valence-electron chi connectivity index (χ0n) is 8.49. The second kappa shape index (κ2) is 1.43. The van der Waals surface area contributed by atoms with Crippen LogP contribution in [0.1, 0.15) is 20.3 Å². The highest BCUT2D eigenvalue weighted by Crippen LogP contribution is 3.12.